The molecule has 2 aromatic rings. The Morgan fingerprint density at radius 2 is 2.00 bits per heavy atom. The Morgan fingerprint density at radius 3 is 2.69 bits per heavy atom. The van der Waals surface area contributed by atoms with Crippen LogP contribution in [0.15, 0.2) is 24.3 Å². The van der Waals surface area contributed by atoms with Gasteiger partial charge in [0.15, 0.2) is 0 Å². The summed E-state index contributed by atoms with van der Waals surface area (Å²) in [6, 6.07) is 8.79. The highest BCUT2D eigenvalue weighted by Gasteiger charge is 2.32. The second-order valence-electron chi connectivity index (χ2n) is 4.94. The van der Waals surface area contributed by atoms with E-state index in [2.05, 4.69) is 42.8 Å². The van der Waals surface area contributed by atoms with E-state index in [9.17, 15) is 0 Å². The standard InChI is InChI=1S/C14H18N2/c1-9-13(14(15)10-7-8-10)11-5-3-4-6-12(11)16(9)2/h3-6,10,14H,7-8,15H2,1-2H3. The summed E-state index contributed by atoms with van der Waals surface area (Å²) < 4.78 is 2.26. The Bertz CT molecular complexity index is 535. The van der Waals surface area contributed by atoms with Crippen LogP contribution < -0.4 is 5.73 Å². The van der Waals surface area contributed by atoms with E-state index in [0.29, 0.717) is 5.92 Å². The monoisotopic (exact) mass is 214 g/mol. The van der Waals surface area contributed by atoms with Gasteiger partial charge in [0.05, 0.1) is 0 Å². The highest BCUT2D eigenvalue weighted by Crippen LogP contribution is 2.43. The first kappa shape index (κ1) is 9.91. The van der Waals surface area contributed by atoms with E-state index in [0.717, 1.165) is 0 Å². The summed E-state index contributed by atoms with van der Waals surface area (Å²) in [5.41, 5.74) is 10.3. The van der Waals surface area contributed by atoms with E-state index in [1.165, 1.54) is 35.0 Å². The SMILES string of the molecule is Cc1c(C(N)C2CC2)c2ccccc2n1C. The second-order valence-corrected chi connectivity index (χ2v) is 4.94. The van der Waals surface area contributed by atoms with Gasteiger partial charge in [-0.15, -0.1) is 0 Å². The van der Waals surface area contributed by atoms with E-state index in [-0.39, 0.29) is 6.04 Å². The molecule has 1 aromatic carbocycles. The molecule has 0 bridgehead atoms. The smallest absolute Gasteiger partial charge is 0.0483 e. The maximum atomic E-state index is 6.37. The third-order valence-electron chi connectivity index (χ3n) is 3.91. The molecule has 0 aliphatic heterocycles. The zero-order valence-electron chi connectivity index (χ0n) is 9.90. The molecule has 1 aliphatic rings. The molecule has 0 spiro atoms. The van der Waals surface area contributed by atoms with Crippen molar-refractivity contribution in [2.75, 3.05) is 0 Å². The third kappa shape index (κ3) is 1.30. The second kappa shape index (κ2) is 3.36. The van der Waals surface area contributed by atoms with Gasteiger partial charge in [0, 0.05) is 29.7 Å². The Balaban J connectivity index is 2.25. The fraction of sp³-hybridized carbons (Fsp3) is 0.429. The molecule has 1 unspecified atom stereocenters. The molecule has 84 valence electrons. The van der Waals surface area contributed by atoms with Crippen LogP contribution in [0.2, 0.25) is 0 Å². The molecule has 0 amide bonds. The first-order valence-electron chi connectivity index (χ1n) is 5.99. The fourth-order valence-electron chi connectivity index (χ4n) is 2.66. The number of benzene rings is 1. The number of nitrogens with zero attached hydrogens (tertiary/aromatic N) is 1. The Morgan fingerprint density at radius 1 is 1.31 bits per heavy atom. The first-order valence-corrected chi connectivity index (χ1v) is 5.99. The molecular formula is C14H18N2. The van der Waals surface area contributed by atoms with Crippen molar-refractivity contribution in [2.45, 2.75) is 25.8 Å². The van der Waals surface area contributed by atoms with E-state index < -0.39 is 0 Å². The number of rotatable bonds is 2. The molecule has 1 saturated carbocycles. The molecule has 3 rings (SSSR count). The fourth-order valence-corrected chi connectivity index (χ4v) is 2.66. The zero-order valence-corrected chi connectivity index (χ0v) is 9.90. The summed E-state index contributed by atoms with van der Waals surface area (Å²) in [5.74, 6) is 0.713. The predicted octanol–water partition coefficient (Wildman–Crippen LogP) is 2.90. The minimum Gasteiger partial charge on any atom is -0.348 e. The summed E-state index contributed by atoms with van der Waals surface area (Å²) in [5, 5.41) is 1.34. The Hall–Kier alpha value is -1.28. The van der Waals surface area contributed by atoms with Gasteiger partial charge in [0.2, 0.25) is 0 Å². The summed E-state index contributed by atoms with van der Waals surface area (Å²) in [6.07, 6.45) is 2.59. The minimum atomic E-state index is 0.228. The van der Waals surface area contributed by atoms with Crippen LogP contribution in [-0.4, -0.2) is 4.57 Å². The molecule has 2 nitrogen and oxygen atoms in total. The van der Waals surface area contributed by atoms with Crippen LogP contribution in [0.4, 0.5) is 0 Å². The van der Waals surface area contributed by atoms with Crippen LogP contribution in [0, 0.1) is 12.8 Å². The number of para-hydroxylation sites is 1. The Kier molecular flexibility index (Phi) is 2.08. The number of fused-ring (bicyclic) bond motifs is 1. The molecular weight excluding hydrogens is 196 g/mol. The van der Waals surface area contributed by atoms with Crippen molar-refractivity contribution in [2.24, 2.45) is 18.7 Å². The summed E-state index contributed by atoms with van der Waals surface area (Å²) in [6.45, 7) is 2.18. The number of aryl methyl sites for hydroxylation is 1. The average molecular weight is 214 g/mol. The Labute approximate surface area is 96.1 Å². The van der Waals surface area contributed by atoms with Gasteiger partial charge >= 0.3 is 0 Å². The van der Waals surface area contributed by atoms with E-state index in [4.69, 9.17) is 5.73 Å². The van der Waals surface area contributed by atoms with Crippen LogP contribution in [0.1, 0.15) is 30.1 Å². The topological polar surface area (TPSA) is 30.9 Å². The van der Waals surface area contributed by atoms with Gasteiger partial charge < -0.3 is 10.3 Å². The molecule has 1 heterocycles. The molecule has 1 atom stereocenters. The van der Waals surface area contributed by atoms with Crippen molar-refractivity contribution in [3.8, 4) is 0 Å². The summed E-state index contributed by atoms with van der Waals surface area (Å²) in [7, 11) is 2.13. The molecule has 16 heavy (non-hydrogen) atoms. The maximum absolute atomic E-state index is 6.37. The first-order chi connectivity index (χ1) is 7.70. The van der Waals surface area contributed by atoms with Crippen LogP contribution in [-0.2, 0) is 7.05 Å². The van der Waals surface area contributed by atoms with Crippen molar-refractivity contribution >= 4 is 10.9 Å². The van der Waals surface area contributed by atoms with E-state index >= 15 is 0 Å². The minimum absolute atomic E-state index is 0.228. The van der Waals surface area contributed by atoms with E-state index in [1.54, 1.807) is 0 Å². The molecule has 1 fully saturated rings. The van der Waals surface area contributed by atoms with Crippen molar-refractivity contribution in [3.05, 3.63) is 35.5 Å². The zero-order chi connectivity index (χ0) is 11.3. The van der Waals surface area contributed by atoms with Crippen molar-refractivity contribution in [1.82, 2.24) is 4.57 Å². The van der Waals surface area contributed by atoms with Crippen LogP contribution in [0.3, 0.4) is 0 Å². The largest absolute Gasteiger partial charge is 0.348 e. The van der Waals surface area contributed by atoms with Crippen molar-refractivity contribution in [1.29, 1.82) is 0 Å². The number of hydrogen-bond donors (Lipinski definition) is 1. The highest BCUT2D eigenvalue weighted by molar-refractivity contribution is 5.86. The lowest BCUT2D eigenvalue weighted by molar-refractivity contribution is 0.630. The van der Waals surface area contributed by atoms with Crippen LogP contribution in [0.5, 0.6) is 0 Å². The maximum Gasteiger partial charge on any atom is 0.0483 e. The highest BCUT2D eigenvalue weighted by atomic mass is 15.0. The molecule has 1 aromatic heterocycles. The third-order valence-corrected chi connectivity index (χ3v) is 3.91. The molecule has 2 heteroatoms. The van der Waals surface area contributed by atoms with Gasteiger partial charge in [-0.2, -0.15) is 0 Å². The summed E-state index contributed by atoms with van der Waals surface area (Å²) in [4.78, 5) is 0. The quantitative estimate of drug-likeness (QED) is 0.818. The molecule has 0 saturated heterocycles. The molecule has 1 aliphatic carbocycles. The lowest BCUT2D eigenvalue weighted by Crippen LogP contribution is -2.13. The van der Waals surface area contributed by atoms with Gasteiger partial charge in [0.25, 0.3) is 0 Å². The van der Waals surface area contributed by atoms with Gasteiger partial charge in [-0.3, -0.25) is 0 Å². The lowest BCUT2D eigenvalue weighted by atomic mass is 10.00. The average Bonchev–Trinajstić information content (AvgIpc) is 3.09. The van der Waals surface area contributed by atoms with Crippen LogP contribution >= 0.6 is 0 Å². The molecule has 0 radical (unpaired) electrons. The number of hydrogen-bond acceptors (Lipinski definition) is 1. The van der Waals surface area contributed by atoms with Crippen LogP contribution in [0.25, 0.3) is 10.9 Å². The van der Waals surface area contributed by atoms with Gasteiger partial charge in [-0.1, -0.05) is 18.2 Å². The lowest BCUT2D eigenvalue weighted by Gasteiger charge is -2.11. The molecule has 2 N–H and O–H groups in total. The van der Waals surface area contributed by atoms with E-state index in [1.807, 2.05) is 0 Å². The summed E-state index contributed by atoms with van der Waals surface area (Å²) >= 11 is 0. The van der Waals surface area contributed by atoms with Gasteiger partial charge in [-0.05, 0) is 37.3 Å². The van der Waals surface area contributed by atoms with Gasteiger partial charge in [0.1, 0.15) is 0 Å². The number of aromatic nitrogens is 1. The number of nitrogens with two attached hydrogens (primary N) is 1. The predicted molar refractivity (Wildman–Crippen MR) is 67.3 cm³/mol. The van der Waals surface area contributed by atoms with Crippen molar-refractivity contribution in [3.63, 3.8) is 0 Å². The normalized spacial score (nSPS) is 17.9. The van der Waals surface area contributed by atoms with Gasteiger partial charge in [-0.25, -0.2) is 0 Å². The van der Waals surface area contributed by atoms with Crippen molar-refractivity contribution < 1.29 is 0 Å².